The average molecular weight is 288 g/mol. The van der Waals surface area contributed by atoms with E-state index in [4.69, 9.17) is 23.2 Å². The van der Waals surface area contributed by atoms with Crippen LogP contribution in [0, 0.1) is 0 Å². The van der Waals surface area contributed by atoms with E-state index < -0.39 is 0 Å². The Balaban J connectivity index is 2.07. The number of nitrogens with one attached hydrogen (secondary N) is 1. The fourth-order valence-electron chi connectivity index (χ4n) is 1.19. The van der Waals surface area contributed by atoms with Gasteiger partial charge >= 0.3 is 0 Å². The molecule has 1 aromatic heterocycles. The number of hydrogen-bond acceptors (Lipinski definition) is 4. The van der Waals surface area contributed by atoms with Gasteiger partial charge in [0.15, 0.2) is 10.9 Å². The summed E-state index contributed by atoms with van der Waals surface area (Å²) in [6.45, 7) is 0. The lowest BCUT2D eigenvalue weighted by Gasteiger charge is -2.02. The first-order valence-corrected chi connectivity index (χ1v) is 6.37. The molecular weight excluding hydrogens is 281 g/mol. The zero-order chi connectivity index (χ0) is 12.3. The van der Waals surface area contributed by atoms with E-state index in [1.807, 2.05) is 0 Å². The lowest BCUT2D eigenvalue weighted by atomic mass is 10.1. The van der Waals surface area contributed by atoms with E-state index in [2.05, 4.69) is 15.2 Å². The molecule has 0 unspecified atom stereocenters. The van der Waals surface area contributed by atoms with Crippen molar-refractivity contribution >= 4 is 40.7 Å². The standard InChI is InChI=1S/C10H7Cl2N3OS/c11-6-1-2-8(12)7(3-6)9(16)4-17-10-13-5-14-15-10/h1-3,5H,4H2,(H,13,14,15). The molecule has 4 nitrogen and oxygen atoms in total. The van der Waals surface area contributed by atoms with E-state index in [-0.39, 0.29) is 11.5 Å². The molecule has 0 amide bonds. The zero-order valence-electron chi connectivity index (χ0n) is 8.48. The number of rotatable bonds is 4. The predicted octanol–water partition coefficient (Wildman–Crippen LogP) is 3.09. The van der Waals surface area contributed by atoms with E-state index in [1.54, 1.807) is 18.2 Å². The summed E-state index contributed by atoms with van der Waals surface area (Å²) in [5.74, 6) is 0.133. The fraction of sp³-hybridized carbons (Fsp3) is 0.100. The van der Waals surface area contributed by atoms with Gasteiger partial charge in [0.25, 0.3) is 0 Å². The molecule has 0 saturated heterocycles. The van der Waals surface area contributed by atoms with Crippen LogP contribution in [0.4, 0.5) is 0 Å². The number of H-pyrrole nitrogens is 1. The van der Waals surface area contributed by atoms with Crippen molar-refractivity contribution in [1.29, 1.82) is 0 Å². The molecule has 7 heteroatoms. The van der Waals surface area contributed by atoms with E-state index in [0.29, 0.717) is 20.8 Å². The van der Waals surface area contributed by atoms with Crippen molar-refractivity contribution in [1.82, 2.24) is 15.2 Å². The van der Waals surface area contributed by atoms with Gasteiger partial charge in [0.1, 0.15) is 6.33 Å². The molecule has 2 rings (SSSR count). The molecule has 0 aliphatic carbocycles. The van der Waals surface area contributed by atoms with Crippen LogP contribution < -0.4 is 0 Å². The van der Waals surface area contributed by atoms with Crippen LogP contribution in [0.1, 0.15) is 10.4 Å². The highest BCUT2D eigenvalue weighted by Gasteiger charge is 2.12. The minimum Gasteiger partial charge on any atom is -0.293 e. The second kappa shape index (κ2) is 5.53. The maximum Gasteiger partial charge on any atom is 0.183 e. The molecule has 0 bridgehead atoms. The Morgan fingerprint density at radius 3 is 2.94 bits per heavy atom. The van der Waals surface area contributed by atoms with Gasteiger partial charge < -0.3 is 0 Å². The minimum absolute atomic E-state index is 0.0982. The Labute approximate surface area is 112 Å². The quantitative estimate of drug-likeness (QED) is 0.693. The van der Waals surface area contributed by atoms with Crippen molar-refractivity contribution in [2.75, 3.05) is 5.75 Å². The number of halogens is 2. The Kier molecular flexibility index (Phi) is 4.04. The third kappa shape index (κ3) is 3.21. The number of aromatic amines is 1. The Morgan fingerprint density at radius 1 is 1.41 bits per heavy atom. The molecule has 0 radical (unpaired) electrons. The number of thioether (sulfide) groups is 1. The first-order chi connectivity index (χ1) is 8.16. The summed E-state index contributed by atoms with van der Waals surface area (Å²) >= 11 is 13.0. The monoisotopic (exact) mass is 287 g/mol. The van der Waals surface area contributed by atoms with E-state index >= 15 is 0 Å². The van der Waals surface area contributed by atoms with Crippen molar-refractivity contribution in [3.05, 3.63) is 40.1 Å². The normalized spacial score (nSPS) is 10.5. The zero-order valence-corrected chi connectivity index (χ0v) is 10.8. The van der Waals surface area contributed by atoms with Gasteiger partial charge in [0.05, 0.1) is 10.8 Å². The van der Waals surface area contributed by atoms with Crippen LogP contribution in [0.3, 0.4) is 0 Å². The average Bonchev–Trinajstić information content (AvgIpc) is 2.82. The number of benzene rings is 1. The number of aromatic nitrogens is 3. The molecular formula is C10H7Cl2N3OS. The smallest absolute Gasteiger partial charge is 0.183 e. The molecule has 0 spiro atoms. The van der Waals surface area contributed by atoms with Crippen LogP contribution in [-0.2, 0) is 0 Å². The van der Waals surface area contributed by atoms with Crippen LogP contribution >= 0.6 is 35.0 Å². The van der Waals surface area contributed by atoms with Gasteiger partial charge in [0, 0.05) is 10.6 Å². The molecule has 0 fully saturated rings. The van der Waals surface area contributed by atoms with Crippen LogP contribution in [0.5, 0.6) is 0 Å². The van der Waals surface area contributed by atoms with Crippen LogP contribution in [0.15, 0.2) is 29.7 Å². The molecule has 1 aromatic carbocycles. The van der Waals surface area contributed by atoms with Crippen molar-refractivity contribution in [2.24, 2.45) is 0 Å². The third-order valence-electron chi connectivity index (χ3n) is 1.96. The first-order valence-electron chi connectivity index (χ1n) is 4.63. The van der Waals surface area contributed by atoms with Crippen LogP contribution in [0.2, 0.25) is 10.0 Å². The van der Waals surface area contributed by atoms with Gasteiger partial charge in [-0.3, -0.25) is 9.89 Å². The molecule has 0 atom stereocenters. The number of hydrogen-bond donors (Lipinski definition) is 1. The topological polar surface area (TPSA) is 58.6 Å². The molecule has 1 N–H and O–H groups in total. The second-order valence-electron chi connectivity index (χ2n) is 3.13. The van der Waals surface area contributed by atoms with Crippen LogP contribution in [-0.4, -0.2) is 26.7 Å². The molecule has 17 heavy (non-hydrogen) atoms. The van der Waals surface area contributed by atoms with Crippen molar-refractivity contribution in [3.63, 3.8) is 0 Å². The summed E-state index contributed by atoms with van der Waals surface area (Å²) in [6.07, 6.45) is 1.39. The van der Waals surface area contributed by atoms with E-state index in [0.717, 1.165) is 0 Å². The number of Topliss-reactive ketones (excluding diaryl/α,β-unsaturated/α-hetero) is 1. The first kappa shape index (κ1) is 12.4. The van der Waals surface area contributed by atoms with Gasteiger partial charge in [-0.25, -0.2) is 4.98 Å². The SMILES string of the molecule is O=C(CSc1ncn[nH]1)c1cc(Cl)ccc1Cl. The number of carbonyl (C=O) groups is 1. The van der Waals surface area contributed by atoms with E-state index in [9.17, 15) is 4.79 Å². The van der Waals surface area contributed by atoms with Gasteiger partial charge in [-0.2, -0.15) is 5.10 Å². The fourth-order valence-corrected chi connectivity index (χ4v) is 2.24. The number of carbonyl (C=O) groups excluding carboxylic acids is 1. The summed E-state index contributed by atoms with van der Waals surface area (Å²) in [6, 6.07) is 4.81. The summed E-state index contributed by atoms with van der Waals surface area (Å²) in [7, 11) is 0. The summed E-state index contributed by atoms with van der Waals surface area (Å²) < 4.78 is 0. The lowest BCUT2D eigenvalue weighted by molar-refractivity contribution is 0.102. The summed E-state index contributed by atoms with van der Waals surface area (Å²) in [5.41, 5.74) is 0.422. The van der Waals surface area contributed by atoms with Gasteiger partial charge in [-0.05, 0) is 18.2 Å². The number of ketones is 1. The highest BCUT2D eigenvalue weighted by molar-refractivity contribution is 7.99. The summed E-state index contributed by atoms with van der Waals surface area (Å²) in [5, 5.41) is 7.83. The molecule has 2 aromatic rings. The predicted molar refractivity (Wildman–Crippen MR) is 67.9 cm³/mol. The third-order valence-corrected chi connectivity index (χ3v) is 3.40. The minimum atomic E-state index is -0.0982. The maximum absolute atomic E-state index is 11.9. The molecule has 0 aliphatic heterocycles. The molecule has 0 saturated carbocycles. The highest BCUT2D eigenvalue weighted by atomic mass is 35.5. The summed E-state index contributed by atoms with van der Waals surface area (Å²) in [4.78, 5) is 15.8. The Morgan fingerprint density at radius 2 is 2.24 bits per heavy atom. The molecule has 88 valence electrons. The second-order valence-corrected chi connectivity index (χ2v) is 4.93. The van der Waals surface area contributed by atoms with Gasteiger partial charge in [-0.15, -0.1) is 0 Å². The lowest BCUT2D eigenvalue weighted by Crippen LogP contribution is -2.03. The number of nitrogens with zero attached hydrogens (tertiary/aromatic N) is 2. The molecule has 0 aliphatic rings. The van der Waals surface area contributed by atoms with Crippen molar-refractivity contribution in [3.8, 4) is 0 Å². The van der Waals surface area contributed by atoms with Crippen LogP contribution in [0.25, 0.3) is 0 Å². The van der Waals surface area contributed by atoms with Gasteiger partial charge in [-0.1, -0.05) is 35.0 Å². The Hall–Kier alpha value is -1.04. The molecule has 1 heterocycles. The van der Waals surface area contributed by atoms with Crippen molar-refractivity contribution in [2.45, 2.75) is 5.16 Å². The van der Waals surface area contributed by atoms with Crippen molar-refractivity contribution < 1.29 is 4.79 Å². The van der Waals surface area contributed by atoms with Gasteiger partial charge in [0.2, 0.25) is 0 Å². The highest BCUT2D eigenvalue weighted by Crippen LogP contribution is 2.23. The maximum atomic E-state index is 11.9. The largest absolute Gasteiger partial charge is 0.293 e. The van der Waals surface area contributed by atoms with E-state index in [1.165, 1.54) is 18.1 Å². The Bertz CT molecular complexity index is 530.